The maximum Gasteiger partial charge on any atom is 0.238 e. The summed E-state index contributed by atoms with van der Waals surface area (Å²) >= 11 is 1.39. The Morgan fingerprint density at radius 1 is 1.16 bits per heavy atom. The van der Waals surface area contributed by atoms with E-state index in [0.717, 1.165) is 0 Å². The van der Waals surface area contributed by atoms with Gasteiger partial charge < -0.3 is 15.4 Å². The first-order valence-electron chi connectivity index (χ1n) is 10.4. The van der Waals surface area contributed by atoms with E-state index in [-0.39, 0.29) is 17.6 Å². The molecule has 3 aromatic rings. The van der Waals surface area contributed by atoms with Gasteiger partial charge in [-0.15, -0.1) is 16.4 Å². The van der Waals surface area contributed by atoms with Crippen LogP contribution in [0.5, 0.6) is 5.75 Å². The van der Waals surface area contributed by atoms with Gasteiger partial charge in [0.1, 0.15) is 11.4 Å². The normalized spacial score (nSPS) is 20.5. The Balaban J connectivity index is 1.41. The average molecular weight is 451 g/mol. The molecule has 0 spiro atoms. The van der Waals surface area contributed by atoms with Crippen LogP contribution >= 0.6 is 11.3 Å². The minimum atomic E-state index is -0.992. The summed E-state index contributed by atoms with van der Waals surface area (Å²) < 4.78 is 6.24. The van der Waals surface area contributed by atoms with E-state index in [1.807, 2.05) is 0 Å². The first-order valence-corrected chi connectivity index (χ1v) is 11.4. The van der Waals surface area contributed by atoms with Crippen molar-refractivity contribution in [2.75, 3.05) is 31.1 Å². The molecule has 1 aromatic carbocycles. The quantitative estimate of drug-likeness (QED) is 0.525. The molecule has 0 aliphatic carbocycles. The van der Waals surface area contributed by atoms with Crippen molar-refractivity contribution in [1.82, 2.24) is 25.8 Å². The summed E-state index contributed by atoms with van der Waals surface area (Å²) in [5.41, 5.74) is 1.74. The highest BCUT2D eigenvalue weighted by molar-refractivity contribution is 7.07. The zero-order valence-corrected chi connectivity index (χ0v) is 18.0. The SMILES string of the molecule is O=C(C1CNC1)N(c1ccc(O[C@]2(C(=O)c3cscn3)CCNC2)cc1)c1cccnn1. The molecule has 2 fully saturated rings. The van der Waals surface area contributed by atoms with Crippen LogP contribution in [0, 0.1) is 5.92 Å². The lowest BCUT2D eigenvalue weighted by atomic mass is 9.95. The number of nitrogens with zero attached hydrogens (tertiary/aromatic N) is 4. The second kappa shape index (κ2) is 8.73. The van der Waals surface area contributed by atoms with Gasteiger partial charge in [-0.2, -0.15) is 5.10 Å². The summed E-state index contributed by atoms with van der Waals surface area (Å²) in [4.78, 5) is 31.9. The lowest BCUT2D eigenvalue weighted by molar-refractivity contribution is -0.123. The number of anilines is 2. The number of carbonyl (C=O) groups is 2. The van der Waals surface area contributed by atoms with Crippen LogP contribution < -0.4 is 20.3 Å². The first kappa shape index (κ1) is 20.7. The molecule has 1 amide bonds. The number of thiazole rings is 1. The summed E-state index contributed by atoms with van der Waals surface area (Å²) in [6.45, 7) is 2.40. The van der Waals surface area contributed by atoms with Crippen LogP contribution in [-0.4, -0.2) is 58.7 Å². The summed E-state index contributed by atoms with van der Waals surface area (Å²) in [5.74, 6) is 0.761. The monoisotopic (exact) mass is 450 g/mol. The predicted octanol–water partition coefficient (Wildman–Crippen LogP) is 1.81. The van der Waals surface area contributed by atoms with Crippen molar-refractivity contribution in [3.8, 4) is 5.75 Å². The Morgan fingerprint density at radius 3 is 2.59 bits per heavy atom. The van der Waals surface area contributed by atoms with Crippen LogP contribution in [0.2, 0.25) is 0 Å². The largest absolute Gasteiger partial charge is 0.478 e. The van der Waals surface area contributed by atoms with Gasteiger partial charge in [-0.05, 0) is 42.9 Å². The number of hydrogen-bond acceptors (Lipinski definition) is 9. The van der Waals surface area contributed by atoms with E-state index in [1.165, 1.54) is 11.3 Å². The van der Waals surface area contributed by atoms with Crippen molar-refractivity contribution >= 4 is 34.5 Å². The minimum Gasteiger partial charge on any atom is -0.478 e. The standard InChI is InChI=1S/C22H22N6O3S/c29-20(18-12-32-14-25-18)22(7-9-23-13-22)31-17-5-3-16(4-6-17)28(19-2-1-8-26-27-19)21(30)15-10-24-11-15/h1-6,8,12,14-15,23-24H,7,9-11,13H2/t22-/m1/s1. The second-order valence-electron chi connectivity index (χ2n) is 7.83. The van der Waals surface area contributed by atoms with Gasteiger partial charge in [0, 0.05) is 37.6 Å². The van der Waals surface area contributed by atoms with Gasteiger partial charge in [-0.1, -0.05) is 0 Å². The number of hydrogen-bond donors (Lipinski definition) is 2. The third-order valence-corrected chi connectivity index (χ3v) is 6.33. The molecule has 2 N–H and O–H groups in total. The van der Waals surface area contributed by atoms with E-state index >= 15 is 0 Å². The van der Waals surface area contributed by atoms with Crippen molar-refractivity contribution in [2.45, 2.75) is 12.0 Å². The predicted molar refractivity (Wildman–Crippen MR) is 119 cm³/mol. The lowest BCUT2D eigenvalue weighted by Gasteiger charge is -2.32. The van der Waals surface area contributed by atoms with Crippen molar-refractivity contribution in [3.63, 3.8) is 0 Å². The fourth-order valence-electron chi connectivity index (χ4n) is 3.87. The molecular formula is C22H22N6O3S. The number of Topliss-reactive ketones (excluding diaryl/α,β-unsaturated/α-hetero) is 1. The Bertz CT molecular complexity index is 1080. The molecule has 0 saturated carbocycles. The van der Waals surface area contributed by atoms with E-state index in [9.17, 15) is 9.59 Å². The van der Waals surface area contributed by atoms with Gasteiger partial charge in [-0.25, -0.2) is 4.98 Å². The fourth-order valence-corrected chi connectivity index (χ4v) is 4.41. The maximum atomic E-state index is 13.1. The Morgan fingerprint density at radius 2 is 2.00 bits per heavy atom. The molecule has 1 atom stereocenters. The van der Waals surface area contributed by atoms with Gasteiger partial charge >= 0.3 is 0 Å². The molecule has 2 aliphatic heterocycles. The van der Waals surface area contributed by atoms with E-state index in [0.29, 0.717) is 55.5 Å². The highest BCUT2D eigenvalue weighted by Gasteiger charge is 2.45. The molecule has 2 aromatic heterocycles. The maximum absolute atomic E-state index is 13.1. The van der Waals surface area contributed by atoms with Crippen LogP contribution in [0.25, 0.3) is 0 Å². The fraction of sp³-hybridized carbons (Fsp3) is 0.318. The average Bonchev–Trinajstić information content (AvgIpc) is 3.47. The number of ketones is 1. The topological polar surface area (TPSA) is 109 Å². The van der Waals surface area contributed by atoms with Gasteiger partial charge in [0.05, 0.1) is 17.1 Å². The van der Waals surface area contributed by atoms with Gasteiger partial charge in [0.15, 0.2) is 11.4 Å². The number of benzene rings is 1. The van der Waals surface area contributed by atoms with Gasteiger partial charge in [0.2, 0.25) is 11.7 Å². The van der Waals surface area contributed by atoms with Crippen molar-refractivity contribution < 1.29 is 14.3 Å². The third-order valence-electron chi connectivity index (χ3n) is 5.74. The van der Waals surface area contributed by atoms with Gasteiger partial charge in [-0.3, -0.25) is 14.5 Å². The lowest BCUT2D eigenvalue weighted by Crippen LogP contribution is -2.51. The number of carbonyl (C=O) groups excluding carboxylic acids is 2. The molecule has 10 heteroatoms. The molecule has 2 aliphatic rings. The molecule has 5 rings (SSSR count). The third kappa shape index (κ3) is 3.88. The summed E-state index contributed by atoms with van der Waals surface area (Å²) in [7, 11) is 0. The Labute approximate surface area is 188 Å². The summed E-state index contributed by atoms with van der Waals surface area (Å²) in [6, 6.07) is 10.7. The molecule has 9 nitrogen and oxygen atoms in total. The van der Waals surface area contributed by atoms with Crippen LogP contribution in [0.1, 0.15) is 16.9 Å². The van der Waals surface area contributed by atoms with E-state index in [2.05, 4.69) is 25.8 Å². The Hall–Kier alpha value is -3.21. The zero-order chi connectivity index (χ0) is 22.0. The Kier molecular flexibility index (Phi) is 5.64. The van der Waals surface area contributed by atoms with E-state index in [1.54, 1.807) is 58.4 Å². The molecule has 0 bridgehead atoms. The number of amides is 1. The smallest absolute Gasteiger partial charge is 0.238 e. The van der Waals surface area contributed by atoms with Crippen molar-refractivity contribution in [3.05, 3.63) is 59.2 Å². The minimum absolute atomic E-state index is 0.0342. The number of nitrogens with one attached hydrogen (secondary N) is 2. The summed E-state index contributed by atoms with van der Waals surface area (Å²) in [5, 5.41) is 16.1. The molecule has 0 radical (unpaired) electrons. The molecule has 2 saturated heterocycles. The van der Waals surface area contributed by atoms with Crippen LogP contribution in [0.15, 0.2) is 53.5 Å². The first-order chi connectivity index (χ1) is 15.7. The number of aromatic nitrogens is 3. The molecule has 32 heavy (non-hydrogen) atoms. The highest BCUT2D eigenvalue weighted by atomic mass is 32.1. The second-order valence-corrected chi connectivity index (χ2v) is 8.55. The molecule has 0 unspecified atom stereocenters. The summed E-state index contributed by atoms with van der Waals surface area (Å²) in [6.07, 6.45) is 2.13. The van der Waals surface area contributed by atoms with Crippen LogP contribution in [0.3, 0.4) is 0 Å². The number of rotatable bonds is 7. The molecular weight excluding hydrogens is 428 g/mol. The zero-order valence-electron chi connectivity index (χ0n) is 17.2. The van der Waals surface area contributed by atoms with Crippen LogP contribution in [-0.2, 0) is 4.79 Å². The molecule has 4 heterocycles. The van der Waals surface area contributed by atoms with Crippen molar-refractivity contribution in [2.24, 2.45) is 5.92 Å². The van der Waals surface area contributed by atoms with E-state index < -0.39 is 5.60 Å². The van der Waals surface area contributed by atoms with E-state index in [4.69, 9.17) is 4.74 Å². The number of ether oxygens (including phenoxy) is 1. The van der Waals surface area contributed by atoms with Crippen molar-refractivity contribution in [1.29, 1.82) is 0 Å². The molecule has 164 valence electrons. The highest BCUT2D eigenvalue weighted by Crippen LogP contribution is 2.32. The van der Waals surface area contributed by atoms with Gasteiger partial charge in [0.25, 0.3) is 0 Å². The van der Waals surface area contributed by atoms with Crippen LogP contribution in [0.4, 0.5) is 11.5 Å².